The zero-order valence-corrected chi connectivity index (χ0v) is 23.4. The van der Waals surface area contributed by atoms with Gasteiger partial charge in [-0.2, -0.15) is 0 Å². The van der Waals surface area contributed by atoms with Gasteiger partial charge in [-0.1, -0.05) is 112 Å². The summed E-state index contributed by atoms with van der Waals surface area (Å²) in [4.78, 5) is 12.1. The van der Waals surface area contributed by atoms with Crippen LogP contribution in [0, 0.1) is 0 Å². The van der Waals surface area contributed by atoms with E-state index in [1.807, 2.05) is 18.2 Å². The van der Waals surface area contributed by atoms with Crippen molar-refractivity contribution in [2.75, 3.05) is 6.61 Å². The van der Waals surface area contributed by atoms with Gasteiger partial charge in [-0.3, -0.25) is 4.79 Å². The molecule has 37 heavy (non-hydrogen) atoms. The van der Waals surface area contributed by atoms with E-state index in [1.54, 1.807) is 0 Å². The first-order valence-corrected chi connectivity index (χ1v) is 15.4. The highest BCUT2D eigenvalue weighted by molar-refractivity contribution is 6.99. The molecule has 3 aromatic carbocycles. The van der Waals surface area contributed by atoms with E-state index in [9.17, 15) is 4.79 Å². The van der Waals surface area contributed by atoms with Crippen LogP contribution < -0.4 is 10.4 Å². The topological polar surface area (TPSA) is 44.8 Å². The molecule has 0 spiro atoms. The van der Waals surface area contributed by atoms with Crippen LogP contribution in [0.4, 0.5) is 0 Å². The van der Waals surface area contributed by atoms with E-state index in [4.69, 9.17) is 13.9 Å². The molecule has 196 valence electrons. The van der Waals surface area contributed by atoms with Crippen LogP contribution in [0.3, 0.4) is 0 Å². The Morgan fingerprint density at radius 3 is 2.00 bits per heavy atom. The second-order valence-electron chi connectivity index (χ2n) is 11.0. The molecule has 2 atom stereocenters. The maximum Gasteiger partial charge on any atom is 0.306 e. The van der Waals surface area contributed by atoms with Gasteiger partial charge < -0.3 is 13.9 Å². The van der Waals surface area contributed by atoms with Crippen molar-refractivity contribution in [3.05, 3.63) is 96.6 Å². The summed E-state index contributed by atoms with van der Waals surface area (Å²) in [7, 11) is -2.73. The molecule has 3 aromatic rings. The third-order valence-electron chi connectivity index (χ3n) is 7.19. The van der Waals surface area contributed by atoms with Crippen LogP contribution in [0.2, 0.25) is 5.04 Å². The summed E-state index contributed by atoms with van der Waals surface area (Å²) in [6, 6.07) is 31.7. The van der Waals surface area contributed by atoms with Crippen LogP contribution in [-0.2, 0) is 25.3 Å². The smallest absolute Gasteiger partial charge is 0.306 e. The number of esters is 1. The predicted octanol–water partition coefficient (Wildman–Crippen LogP) is 6.02. The van der Waals surface area contributed by atoms with Gasteiger partial charge in [0.25, 0.3) is 8.32 Å². The largest absolute Gasteiger partial charge is 0.462 e. The lowest BCUT2D eigenvalue weighted by Crippen LogP contribution is -2.68. The number of cyclic esters (lactones) is 1. The highest BCUT2D eigenvalue weighted by Gasteiger charge is 2.51. The molecular weight excluding hydrogens is 476 g/mol. The fourth-order valence-electron chi connectivity index (χ4n) is 5.38. The first-order chi connectivity index (χ1) is 17.9. The van der Waals surface area contributed by atoms with E-state index in [1.165, 1.54) is 10.4 Å². The van der Waals surface area contributed by atoms with Crippen LogP contribution in [0.5, 0.6) is 0 Å². The average Bonchev–Trinajstić information content (AvgIpc) is 2.90. The summed E-state index contributed by atoms with van der Waals surface area (Å²) < 4.78 is 19.3. The summed E-state index contributed by atoms with van der Waals surface area (Å²) in [6.07, 6.45) is 3.49. The van der Waals surface area contributed by atoms with Crippen molar-refractivity contribution in [3.63, 3.8) is 0 Å². The third-order valence-corrected chi connectivity index (χ3v) is 12.3. The van der Waals surface area contributed by atoms with Crippen LogP contribution >= 0.6 is 0 Å². The van der Waals surface area contributed by atoms with Gasteiger partial charge in [0.05, 0.1) is 12.7 Å². The molecule has 1 aliphatic heterocycles. The van der Waals surface area contributed by atoms with Gasteiger partial charge in [-0.15, -0.1) is 0 Å². The number of hydrogen-bond acceptors (Lipinski definition) is 4. The highest BCUT2D eigenvalue weighted by Crippen LogP contribution is 2.38. The molecular formula is C32H40O4Si. The Hall–Kier alpha value is -2.73. The van der Waals surface area contributed by atoms with Gasteiger partial charge in [-0.05, 0) is 40.2 Å². The summed E-state index contributed by atoms with van der Waals surface area (Å²) >= 11 is 0. The number of hydrogen-bond donors (Lipinski definition) is 0. The lowest BCUT2D eigenvalue weighted by Gasteiger charge is -2.45. The summed E-state index contributed by atoms with van der Waals surface area (Å²) in [5.74, 6) is -0.0965. The number of benzene rings is 3. The lowest BCUT2D eigenvalue weighted by molar-refractivity contribution is -0.155. The SMILES string of the molecule is CC(C)(C)[Si](O[C@@H](CCOCc1ccccc1)C[C@@H]1CCCC(=O)O1)(c1ccccc1)c1ccccc1. The van der Waals surface area contributed by atoms with Gasteiger partial charge in [0, 0.05) is 19.4 Å². The molecule has 4 nitrogen and oxygen atoms in total. The van der Waals surface area contributed by atoms with Gasteiger partial charge >= 0.3 is 5.97 Å². The Labute approximate surface area is 223 Å². The monoisotopic (exact) mass is 516 g/mol. The molecule has 1 fully saturated rings. The van der Waals surface area contributed by atoms with E-state index in [-0.39, 0.29) is 23.2 Å². The molecule has 5 heteroatoms. The van der Waals surface area contributed by atoms with Crippen molar-refractivity contribution in [1.82, 2.24) is 0 Å². The highest BCUT2D eigenvalue weighted by atomic mass is 28.4. The minimum absolute atomic E-state index is 0.0965. The molecule has 4 rings (SSSR count). The lowest BCUT2D eigenvalue weighted by atomic mass is 10.0. The van der Waals surface area contributed by atoms with Gasteiger partial charge in [0.15, 0.2) is 0 Å². The first kappa shape index (κ1) is 27.3. The van der Waals surface area contributed by atoms with E-state index in [0.717, 1.165) is 24.8 Å². The minimum Gasteiger partial charge on any atom is -0.462 e. The standard InChI is InChI=1S/C32H40O4Si/c1-32(2,3)37(29-17-9-5-10-18-29,30-19-11-6-12-20-30)36-28(24-27-16-13-21-31(33)35-27)22-23-34-25-26-14-7-4-8-15-26/h4-12,14-15,17-20,27-28H,13,16,21-25H2,1-3H3/t27-,28-/m0/s1. The van der Waals surface area contributed by atoms with Crippen molar-refractivity contribution in [3.8, 4) is 0 Å². The fraction of sp³-hybridized carbons (Fsp3) is 0.406. The first-order valence-electron chi connectivity index (χ1n) is 13.5. The fourth-order valence-corrected chi connectivity index (χ4v) is 10.1. The normalized spacial score (nSPS) is 17.3. The van der Waals surface area contributed by atoms with E-state index >= 15 is 0 Å². The summed E-state index contributed by atoms with van der Waals surface area (Å²) in [6.45, 7) is 8.04. The van der Waals surface area contributed by atoms with Gasteiger partial charge in [-0.25, -0.2) is 0 Å². The van der Waals surface area contributed by atoms with E-state index < -0.39 is 8.32 Å². The Bertz CT molecular complexity index is 1060. The molecule has 0 radical (unpaired) electrons. The van der Waals surface area contributed by atoms with Crippen molar-refractivity contribution in [2.45, 2.75) is 76.7 Å². The molecule has 0 N–H and O–H groups in total. The van der Waals surface area contributed by atoms with E-state index in [0.29, 0.717) is 26.1 Å². The molecule has 0 amide bonds. The molecule has 1 saturated heterocycles. The minimum atomic E-state index is -2.73. The second-order valence-corrected chi connectivity index (χ2v) is 15.2. The molecule has 0 aliphatic carbocycles. The average molecular weight is 517 g/mol. The summed E-state index contributed by atoms with van der Waals surface area (Å²) in [5, 5.41) is 2.39. The van der Waals surface area contributed by atoms with Crippen LogP contribution in [0.15, 0.2) is 91.0 Å². The molecule has 0 bridgehead atoms. The van der Waals surface area contributed by atoms with Crippen molar-refractivity contribution < 1.29 is 18.7 Å². The quantitative estimate of drug-likeness (QED) is 0.177. The molecule has 1 aliphatic rings. The molecule has 1 heterocycles. The maximum absolute atomic E-state index is 12.1. The van der Waals surface area contributed by atoms with Crippen molar-refractivity contribution >= 4 is 24.7 Å². The Morgan fingerprint density at radius 2 is 1.46 bits per heavy atom. The van der Waals surface area contributed by atoms with Crippen molar-refractivity contribution in [2.24, 2.45) is 0 Å². The predicted molar refractivity (Wildman–Crippen MR) is 152 cm³/mol. The third kappa shape index (κ3) is 6.98. The summed E-state index contributed by atoms with van der Waals surface area (Å²) in [5.41, 5.74) is 1.16. The second kappa shape index (κ2) is 12.7. The van der Waals surface area contributed by atoms with E-state index in [2.05, 4.69) is 93.6 Å². The van der Waals surface area contributed by atoms with Crippen LogP contribution in [0.1, 0.15) is 58.4 Å². The maximum atomic E-state index is 12.1. The number of ether oxygens (including phenoxy) is 2. The Balaban J connectivity index is 1.63. The molecule has 0 unspecified atom stereocenters. The van der Waals surface area contributed by atoms with Crippen LogP contribution in [0.25, 0.3) is 0 Å². The zero-order chi connectivity index (χ0) is 26.1. The Kier molecular flexibility index (Phi) is 9.36. The Morgan fingerprint density at radius 1 is 0.892 bits per heavy atom. The molecule has 0 aromatic heterocycles. The van der Waals surface area contributed by atoms with Crippen molar-refractivity contribution in [1.29, 1.82) is 0 Å². The van der Waals surface area contributed by atoms with Gasteiger partial charge in [0.1, 0.15) is 6.10 Å². The van der Waals surface area contributed by atoms with Crippen LogP contribution in [-0.4, -0.2) is 33.1 Å². The zero-order valence-electron chi connectivity index (χ0n) is 22.4. The number of rotatable bonds is 11. The van der Waals surface area contributed by atoms with Gasteiger partial charge in [0.2, 0.25) is 0 Å². The molecule has 0 saturated carbocycles. The number of carbonyl (C=O) groups excluding carboxylic acids is 1. The number of carbonyl (C=O) groups is 1.